The fourth-order valence-corrected chi connectivity index (χ4v) is 2.41. The molecule has 1 heterocycles. The molecule has 3 nitrogen and oxygen atoms in total. The van der Waals surface area contributed by atoms with Crippen molar-refractivity contribution in [1.29, 1.82) is 0 Å². The van der Waals surface area contributed by atoms with Gasteiger partial charge in [-0.25, -0.2) is 0 Å². The quantitative estimate of drug-likeness (QED) is 0.936. The molecule has 2 rings (SSSR count). The van der Waals surface area contributed by atoms with Crippen LogP contribution in [0.3, 0.4) is 0 Å². The molecule has 2 unspecified atom stereocenters. The molecule has 2 atom stereocenters. The van der Waals surface area contributed by atoms with E-state index in [4.69, 9.17) is 10.5 Å². The maximum Gasteiger partial charge on any atom is 0.155 e. The van der Waals surface area contributed by atoms with Gasteiger partial charge in [0.25, 0.3) is 0 Å². The highest BCUT2D eigenvalue weighted by Gasteiger charge is 2.20. The minimum atomic E-state index is -0.264. The fourth-order valence-electron chi connectivity index (χ4n) is 1.82. The van der Waals surface area contributed by atoms with Gasteiger partial charge in [-0.15, -0.1) is 0 Å². The van der Waals surface area contributed by atoms with E-state index < -0.39 is 0 Å². The number of ether oxygens (including phenoxy) is 1. The van der Waals surface area contributed by atoms with Gasteiger partial charge < -0.3 is 10.5 Å². The van der Waals surface area contributed by atoms with Crippen molar-refractivity contribution >= 4 is 15.9 Å². The number of aromatic nitrogens is 1. The molecule has 1 aromatic carbocycles. The molecular weight excluding hydrogens is 304 g/mol. The standard InChI is InChI=1S/C15H17BrN2O/c1-10-6-7-14(12(16)9-10)19-15(11(2)17)13-5-3-4-8-18-13/h3-9,11,15H,17H2,1-2H3. The fraction of sp³-hybridized carbons (Fsp3) is 0.267. The van der Waals surface area contributed by atoms with E-state index in [-0.39, 0.29) is 12.1 Å². The van der Waals surface area contributed by atoms with Crippen LogP contribution in [0.1, 0.15) is 24.3 Å². The summed E-state index contributed by atoms with van der Waals surface area (Å²) in [6.45, 7) is 3.96. The van der Waals surface area contributed by atoms with E-state index in [0.717, 1.165) is 15.9 Å². The van der Waals surface area contributed by atoms with Gasteiger partial charge in [-0.1, -0.05) is 12.1 Å². The largest absolute Gasteiger partial charge is 0.481 e. The van der Waals surface area contributed by atoms with Crippen LogP contribution in [0, 0.1) is 6.92 Å². The molecule has 2 aromatic rings. The Balaban J connectivity index is 2.27. The normalized spacial score (nSPS) is 13.9. The summed E-state index contributed by atoms with van der Waals surface area (Å²) in [6, 6.07) is 11.6. The third-order valence-electron chi connectivity index (χ3n) is 2.80. The Morgan fingerprint density at radius 1 is 1.26 bits per heavy atom. The Morgan fingerprint density at radius 2 is 2.05 bits per heavy atom. The zero-order chi connectivity index (χ0) is 13.8. The van der Waals surface area contributed by atoms with Crippen molar-refractivity contribution in [3.63, 3.8) is 0 Å². The number of nitrogens with zero attached hydrogens (tertiary/aromatic N) is 1. The Bertz CT molecular complexity index is 543. The van der Waals surface area contributed by atoms with Gasteiger partial charge in [0.05, 0.1) is 10.2 Å². The zero-order valence-corrected chi connectivity index (χ0v) is 12.6. The van der Waals surface area contributed by atoms with Gasteiger partial charge in [0.1, 0.15) is 5.75 Å². The zero-order valence-electron chi connectivity index (χ0n) is 11.0. The van der Waals surface area contributed by atoms with Crippen LogP contribution < -0.4 is 10.5 Å². The van der Waals surface area contributed by atoms with Crippen molar-refractivity contribution in [3.05, 3.63) is 58.3 Å². The van der Waals surface area contributed by atoms with Crippen LogP contribution in [-0.4, -0.2) is 11.0 Å². The van der Waals surface area contributed by atoms with E-state index in [1.165, 1.54) is 5.56 Å². The van der Waals surface area contributed by atoms with Crippen LogP contribution in [0.5, 0.6) is 5.75 Å². The second-order valence-electron chi connectivity index (χ2n) is 4.59. The lowest BCUT2D eigenvalue weighted by Gasteiger charge is -2.22. The minimum Gasteiger partial charge on any atom is -0.481 e. The molecule has 2 N–H and O–H groups in total. The molecule has 1 aromatic heterocycles. The van der Waals surface area contributed by atoms with E-state index >= 15 is 0 Å². The monoisotopic (exact) mass is 320 g/mol. The summed E-state index contributed by atoms with van der Waals surface area (Å²) in [5, 5.41) is 0. The summed E-state index contributed by atoms with van der Waals surface area (Å²) in [6.07, 6.45) is 1.48. The highest BCUT2D eigenvalue weighted by molar-refractivity contribution is 9.10. The summed E-state index contributed by atoms with van der Waals surface area (Å²) in [7, 11) is 0. The number of aryl methyl sites for hydroxylation is 1. The lowest BCUT2D eigenvalue weighted by atomic mass is 10.1. The molecule has 19 heavy (non-hydrogen) atoms. The molecule has 0 saturated heterocycles. The topological polar surface area (TPSA) is 48.1 Å². The second-order valence-corrected chi connectivity index (χ2v) is 5.44. The van der Waals surface area contributed by atoms with Gasteiger partial charge in [0.15, 0.2) is 6.10 Å². The third kappa shape index (κ3) is 3.55. The van der Waals surface area contributed by atoms with E-state index in [1.807, 2.05) is 50.2 Å². The third-order valence-corrected chi connectivity index (χ3v) is 3.42. The lowest BCUT2D eigenvalue weighted by molar-refractivity contribution is 0.174. The molecule has 4 heteroatoms. The van der Waals surface area contributed by atoms with Gasteiger partial charge in [-0.3, -0.25) is 4.98 Å². The van der Waals surface area contributed by atoms with Crippen LogP contribution in [-0.2, 0) is 0 Å². The molecule has 0 aliphatic heterocycles. The Kier molecular flexibility index (Phi) is 4.56. The molecule has 0 spiro atoms. The number of rotatable bonds is 4. The first-order chi connectivity index (χ1) is 9.08. The smallest absolute Gasteiger partial charge is 0.155 e. The SMILES string of the molecule is Cc1ccc(OC(c2ccccn2)C(C)N)c(Br)c1. The lowest BCUT2D eigenvalue weighted by Crippen LogP contribution is -2.29. The Morgan fingerprint density at radius 3 is 2.63 bits per heavy atom. The first kappa shape index (κ1) is 14.0. The predicted octanol–water partition coefficient (Wildman–Crippen LogP) is 3.62. The van der Waals surface area contributed by atoms with Gasteiger partial charge in [-0.05, 0) is 59.6 Å². The Hall–Kier alpha value is -1.39. The second kappa shape index (κ2) is 6.17. The van der Waals surface area contributed by atoms with Crippen LogP contribution in [0.2, 0.25) is 0 Å². The number of nitrogens with two attached hydrogens (primary N) is 1. The summed E-state index contributed by atoms with van der Waals surface area (Å²) >= 11 is 3.51. The molecule has 0 amide bonds. The first-order valence-corrected chi connectivity index (χ1v) is 6.96. The van der Waals surface area contributed by atoms with E-state index in [0.29, 0.717) is 0 Å². The minimum absolute atomic E-state index is 0.150. The van der Waals surface area contributed by atoms with Crippen LogP contribution in [0.25, 0.3) is 0 Å². The van der Waals surface area contributed by atoms with Gasteiger partial charge in [-0.2, -0.15) is 0 Å². The maximum absolute atomic E-state index is 6.02. The highest BCUT2D eigenvalue weighted by atomic mass is 79.9. The van der Waals surface area contributed by atoms with Crippen molar-refractivity contribution in [2.24, 2.45) is 5.73 Å². The number of hydrogen-bond donors (Lipinski definition) is 1. The molecule has 0 bridgehead atoms. The molecular formula is C15H17BrN2O. The molecule has 0 aliphatic carbocycles. The summed E-state index contributed by atoms with van der Waals surface area (Å²) in [4.78, 5) is 4.32. The van der Waals surface area contributed by atoms with Gasteiger partial charge >= 0.3 is 0 Å². The molecule has 0 saturated carbocycles. The van der Waals surface area contributed by atoms with Crippen molar-refractivity contribution in [2.45, 2.75) is 26.0 Å². The number of hydrogen-bond acceptors (Lipinski definition) is 3. The first-order valence-electron chi connectivity index (χ1n) is 6.17. The maximum atomic E-state index is 6.02. The van der Waals surface area contributed by atoms with Crippen LogP contribution in [0.4, 0.5) is 0 Å². The number of pyridine rings is 1. The van der Waals surface area contributed by atoms with Crippen molar-refractivity contribution in [2.75, 3.05) is 0 Å². The molecule has 100 valence electrons. The molecule has 0 fully saturated rings. The van der Waals surface area contributed by atoms with E-state index in [2.05, 4.69) is 20.9 Å². The molecule has 0 aliphatic rings. The Labute approximate surface area is 121 Å². The van der Waals surface area contributed by atoms with Crippen molar-refractivity contribution in [1.82, 2.24) is 4.98 Å². The van der Waals surface area contributed by atoms with E-state index in [1.54, 1.807) is 6.20 Å². The summed E-state index contributed by atoms with van der Waals surface area (Å²) in [5.74, 6) is 0.776. The van der Waals surface area contributed by atoms with Crippen LogP contribution in [0.15, 0.2) is 47.1 Å². The van der Waals surface area contributed by atoms with Gasteiger partial charge in [0, 0.05) is 12.2 Å². The average molecular weight is 321 g/mol. The summed E-state index contributed by atoms with van der Waals surface area (Å²) in [5.41, 5.74) is 8.03. The van der Waals surface area contributed by atoms with Crippen LogP contribution >= 0.6 is 15.9 Å². The molecule has 0 radical (unpaired) electrons. The van der Waals surface area contributed by atoms with Crippen molar-refractivity contribution in [3.8, 4) is 5.75 Å². The average Bonchev–Trinajstić information content (AvgIpc) is 2.38. The number of halogens is 1. The van der Waals surface area contributed by atoms with Crippen molar-refractivity contribution < 1.29 is 4.74 Å². The predicted molar refractivity (Wildman–Crippen MR) is 80.1 cm³/mol. The van der Waals surface area contributed by atoms with Gasteiger partial charge in [0.2, 0.25) is 0 Å². The summed E-state index contributed by atoms with van der Waals surface area (Å²) < 4.78 is 6.94. The highest BCUT2D eigenvalue weighted by Crippen LogP contribution is 2.30. The van der Waals surface area contributed by atoms with E-state index in [9.17, 15) is 0 Å². The number of benzene rings is 1.